The van der Waals surface area contributed by atoms with E-state index in [4.69, 9.17) is 14.7 Å². The molecule has 0 saturated carbocycles. The Morgan fingerprint density at radius 3 is 2.54 bits per heavy atom. The molecule has 0 atom stereocenters. The first-order chi connectivity index (χ1) is 13.4. The molecule has 1 amide bonds. The van der Waals surface area contributed by atoms with E-state index in [0.29, 0.717) is 5.75 Å². The minimum atomic E-state index is -0.722. The van der Waals surface area contributed by atoms with E-state index in [2.05, 4.69) is 0 Å². The highest BCUT2D eigenvalue weighted by Crippen LogP contribution is 2.19. The Kier molecular flexibility index (Phi) is 7.52. The van der Waals surface area contributed by atoms with Crippen molar-refractivity contribution in [3.63, 3.8) is 0 Å². The molecule has 0 aliphatic rings. The Morgan fingerprint density at radius 2 is 1.86 bits per heavy atom. The fraction of sp³-hybridized carbons (Fsp3) is 0.286. The summed E-state index contributed by atoms with van der Waals surface area (Å²) in [6, 6.07) is 13.0. The number of aryl methyl sites for hydroxylation is 2. The summed E-state index contributed by atoms with van der Waals surface area (Å²) < 4.78 is 24.3. The van der Waals surface area contributed by atoms with Crippen molar-refractivity contribution in [2.24, 2.45) is 0 Å². The number of hydrogen-bond acceptors (Lipinski definition) is 5. The minimum absolute atomic E-state index is 0.00698. The van der Waals surface area contributed by atoms with E-state index in [0.717, 1.165) is 16.0 Å². The smallest absolute Gasteiger partial charge is 0.344 e. The van der Waals surface area contributed by atoms with Crippen molar-refractivity contribution in [3.05, 3.63) is 59.4 Å². The van der Waals surface area contributed by atoms with Gasteiger partial charge in [0.15, 0.2) is 13.2 Å². The molecule has 28 heavy (non-hydrogen) atoms. The Balaban J connectivity index is 1.92. The maximum Gasteiger partial charge on any atom is 0.344 e. The lowest BCUT2D eigenvalue weighted by Crippen LogP contribution is -2.36. The normalized spacial score (nSPS) is 10.1. The van der Waals surface area contributed by atoms with Gasteiger partial charge < -0.3 is 14.4 Å². The van der Waals surface area contributed by atoms with Gasteiger partial charge in [-0.25, -0.2) is 9.18 Å². The second kappa shape index (κ2) is 10.1. The number of anilines is 1. The minimum Gasteiger partial charge on any atom is -0.482 e. The van der Waals surface area contributed by atoms with Crippen LogP contribution in [0.15, 0.2) is 42.5 Å². The molecule has 0 bridgehead atoms. The summed E-state index contributed by atoms with van der Waals surface area (Å²) in [4.78, 5) is 25.4. The monoisotopic (exact) mass is 384 g/mol. The van der Waals surface area contributed by atoms with Crippen LogP contribution >= 0.6 is 0 Å². The quantitative estimate of drug-likeness (QED) is 0.653. The van der Waals surface area contributed by atoms with Gasteiger partial charge in [0, 0.05) is 6.54 Å². The highest BCUT2D eigenvalue weighted by Gasteiger charge is 2.20. The van der Waals surface area contributed by atoms with Crippen LogP contribution in [0.25, 0.3) is 0 Å². The van der Waals surface area contributed by atoms with E-state index in [9.17, 15) is 14.0 Å². The third-order valence-electron chi connectivity index (χ3n) is 4.08. The average Bonchev–Trinajstić information content (AvgIpc) is 2.68. The standard InChI is InChI=1S/C21H21FN2O4/c1-15-8-9-17(12-16(15)2)27-14-21(26)28-13-20(25)24(11-5-10-23)19-7-4-3-6-18(19)22/h3-4,6-9,12H,5,11,13-14H2,1-2H3. The molecule has 0 saturated heterocycles. The van der Waals surface area contributed by atoms with Gasteiger partial charge in [-0.3, -0.25) is 4.79 Å². The molecule has 0 unspecified atom stereocenters. The topological polar surface area (TPSA) is 79.6 Å². The first-order valence-corrected chi connectivity index (χ1v) is 8.70. The number of amides is 1. The zero-order valence-corrected chi connectivity index (χ0v) is 15.8. The summed E-state index contributed by atoms with van der Waals surface area (Å²) in [5, 5.41) is 8.76. The van der Waals surface area contributed by atoms with Crippen molar-refractivity contribution in [3.8, 4) is 11.8 Å². The molecule has 0 N–H and O–H groups in total. The molecule has 7 heteroatoms. The molecule has 0 spiro atoms. The summed E-state index contributed by atoms with van der Waals surface area (Å²) in [6.07, 6.45) is 0.0178. The molecule has 146 valence electrons. The molecule has 0 fully saturated rings. The zero-order valence-electron chi connectivity index (χ0n) is 15.8. The van der Waals surface area contributed by atoms with Crippen LogP contribution in [0, 0.1) is 31.0 Å². The summed E-state index contributed by atoms with van der Waals surface area (Å²) in [7, 11) is 0. The molecule has 2 aromatic rings. The number of nitrogens with zero attached hydrogens (tertiary/aromatic N) is 2. The number of hydrogen-bond donors (Lipinski definition) is 0. The predicted molar refractivity (Wildman–Crippen MR) is 101 cm³/mol. The van der Waals surface area contributed by atoms with Gasteiger partial charge in [0.05, 0.1) is 18.2 Å². The Morgan fingerprint density at radius 1 is 1.11 bits per heavy atom. The average molecular weight is 384 g/mol. The van der Waals surface area contributed by atoms with Crippen molar-refractivity contribution < 1.29 is 23.5 Å². The van der Waals surface area contributed by atoms with Crippen molar-refractivity contribution in [2.45, 2.75) is 20.3 Å². The van der Waals surface area contributed by atoms with Gasteiger partial charge in [-0.1, -0.05) is 18.2 Å². The van der Waals surface area contributed by atoms with Crippen LogP contribution in [0.3, 0.4) is 0 Å². The number of carbonyl (C=O) groups excluding carboxylic acids is 2. The number of esters is 1. The van der Waals surface area contributed by atoms with Crippen molar-refractivity contribution >= 4 is 17.6 Å². The maximum atomic E-state index is 14.0. The predicted octanol–water partition coefficient (Wildman–Crippen LogP) is 3.31. The van der Waals surface area contributed by atoms with E-state index < -0.39 is 24.3 Å². The van der Waals surface area contributed by atoms with E-state index in [1.54, 1.807) is 18.2 Å². The van der Waals surface area contributed by atoms with Crippen LogP contribution in [-0.2, 0) is 14.3 Å². The largest absolute Gasteiger partial charge is 0.482 e. The van der Waals surface area contributed by atoms with Gasteiger partial charge in [-0.05, 0) is 49.2 Å². The fourth-order valence-electron chi connectivity index (χ4n) is 2.42. The van der Waals surface area contributed by atoms with E-state index >= 15 is 0 Å². The molecule has 0 radical (unpaired) electrons. The van der Waals surface area contributed by atoms with Crippen molar-refractivity contribution in [2.75, 3.05) is 24.7 Å². The second-order valence-corrected chi connectivity index (χ2v) is 6.10. The number of carbonyl (C=O) groups is 2. The number of halogens is 1. The van der Waals surface area contributed by atoms with Crippen LogP contribution in [0.5, 0.6) is 5.75 Å². The third kappa shape index (κ3) is 5.81. The maximum absolute atomic E-state index is 14.0. The number of ether oxygens (including phenoxy) is 2. The Bertz CT molecular complexity index is 892. The first-order valence-electron chi connectivity index (χ1n) is 8.70. The Hall–Kier alpha value is -3.40. The van der Waals surface area contributed by atoms with E-state index in [1.165, 1.54) is 18.2 Å². The number of rotatable bonds is 8. The van der Waals surface area contributed by atoms with Gasteiger partial charge in [0.25, 0.3) is 5.91 Å². The first kappa shape index (κ1) is 20.9. The zero-order chi connectivity index (χ0) is 20.5. The number of benzene rings is 2. The highest BCUT2D eigenvalue weighted by atomic mass is 19.1. The lowest BCUT2D eigenvalue weighted by Gasteiger charge is -2.22. The molecule has 0 aliphatic heterocycles. The number of para-hydroxylation sites is 1. The van der Waals surface area contributed by atoms with Crippen LogP contribution in [0.4, 0.5) is 10.1 Å². The highest BCUT2D eigenvalue weighted by molar-refractivity contribution is 5.95. The van der Waals surface area contributed by atoms with E-state index in [1.807, 2.05) is 26.0 Å². The van der Waals surface area contributed by atoms with Gasteiger partial charge >= 0.3 is 5.97 Å². The van der Waals surface area contributed by atoms with Crippen LogP contribution < -0.4 is 9.64 Å². The van der Waals surface area contributed by atoms with Crippen LogP contribution in [-0.4, -0.2) is 31.6 Å². The SMILES string of the molecule is Cc1ccc(OCC(=O)OCC(=O)N(CCC#N)c2ccccc2F)cc1C. The lowest BCUT2D eigenvalue weighted by atomic mass is 10.1. The van der Waals surface area contributed by atoms with Crippen molar-refractivity contribution in [1.82, 2.24) is 0 Å². The summed E-state index contributed by atoms with van der Waals surface area (Å²) in [5.41, 5.74) is 2.16. The van der Waals surface area contributed by atoms with Gasteiger partial charge in [-0.15, -0.1) is 0 Å². The summed E-state index contributed by atoms with van der Waals surface area (Å²) in [5.74, 6) is -1.42. The molecular formula is C21H21FN2O4. The van der Waals surface area contributed by atoms with Gasteiger partial charge in [0.1, 0.15) is 11.6 Å². The summed E-state index contributed by atoms with van der Waals surface area (Å²) >= 11 is 0. The van der Waals surface area contributed by atoms with Crippen LogP contribution in [0.2, 0.25) is 0 Å². The van der Waals surface area contributed by atoms with Gasteiger partial charge in [0.2, 0.25) is 0 Å². The van der Waals surface area contributed by atoms with Crippen molar-refractivity contribution in [1.29, 1.82) is 5.26 Å². The van der Waals surface area contributed by atoms with E-state index in [-0.39, 0.29) is 25.3 Å². The summed E-state index contributed by atoms with van der Waals surface area (Å²) in [6.45, 7) is 2.96. The van der Waals surface area contributed by atoms with Gasteiger partial charge in [-0.2, -0.15) is 5.26 Å². The molecule has 2 aromatic carbocycles. The Labute approximate surface area is 163 Å². The molecule has 0 aromatic heterocycles. The number of nitriles is 1. The molecule has 2 rings (SSSR count). The molecule has 0 aliphatic carbocycles. The fourth-order valence-corrected chi connectivity index (χ4v) is 2.42. The lowest BCUT2D eigenvalue weighted by molar-refractivity contribution is -0.149. The van der Waals surface area contributed by atoms with Crippen LogP contribution in [0.1, 0.15) is 17.5 Å². The third-order valence-corrected chi connectivity index (χ3v) is 4.08. The molecule has 0 heterocycles. The molecule has 6 nitrogen and oxygen atoms in total. The second-order valence-electron chi connectivity index (χ2n) is 6.10. The molecular weight excluding hydrogens is 363 g/mol.